The fourth-order valence-corrected chi connectivity index (χ4v) is 2.33. The summed E-state index contributed by atoms with van der Waals surface area (Å²) < 4.78 is 23.8. The summed E-state index contributed by atoms with van der Waals surface area (Å²) in [4.78, 5) is 0. The summed E-state index contributed by atoms with van der Waals surface area (Å²) in [6, 6.07) is 11.8. The van der Waals surface area contributed by atoms with Gasteiger partial charge in [0.15, 0.2) is 0 Å². The van der Waals surface area contributed by atoms with E-state index in [1.807, 2.05) is 12.1 Å². The Bertz CT molecular complexity index is 608. The van der Waals surface area contributed by atoms with E-state index in [9.17, 15) is 4.39 Å². The summed E-state index contributed by atoms with van der Waals surface area (Å²) in [5.41, 5.74) is 1.91. The van der Waals surface area contributed by atoms with Crippen molar-refractivity contribution in [1.29, 1.82) is 0 Å². The molecule has 0 radical (unpaired) electrons. The van der Waals surface area contributed by atoms with E-state index < -0.39 is 0 Å². The summed E-state index contributed by atoms with van der Waals surface area (Å²) in [5, 5.41) is 4.02. The first kappa shape index (κ1) is 20.7. The van der Waals surface area contributed by atoms with E-state index in [-0.39, 0.29) is 18.2 Å². The third-order valence-corrected chi connectivity index (χ3v) is 3.58. The number of nitrogens with one attached hydrogen (secondary N) is 1. The minimum atomic E-state index is -0.249. The van der Waals surface area contributed by atoms with Crippen LogP contribution in [0.1, 0.15) is 17.5 Å². The Labute approximate surface area is 153 Å². The lowest BCUT2D eigenvalue weighted by Crippen LogP contribution is -2.16. The molecule has 2 aromatic rings. The van der Waals surface area contributed by atoms with Crippen molar-refractivity contribution in [3.8, 4) is 5.75 Å². The van der Waals surface area contributed by atoms with Crippen molar-refractivity contribution in [2.45, 2.75) is 19.6 Å². The summed E-state index contributed by atoms with van der Waals surface area (Å²) in [6.07, 6.45) is 0.947. The first-order chi connectivity index (χ1) is 11.2. The zero-order valence-corrected chi connectivity index (χ0v) is 15.1. The molecule has 132 valence electrons. The van der Waals surface area contributed by atoms with Crippen molar-refractivity contribution >= 4 is 24.0 Å². The van der Waals surface area contributed by atoms with Crippen LogP contribution in [-0.2, 0) is 17.9 Å². The number of hydrogen-bond acceptors (Lipinski definition) is 3. The Morgan fingerprint density at radius 1 is 1.12 bits per heavy atom. The third-order valence-electron chi connectivity index (χ3n) is 3.35. The molecule has 0 fully saturated rings. The molecule has 6 heteroatoms. The van der Waals surface area contributed by atoms with E-state index in [4.69, 9.17) is 21.1 Å². The summed E-state index contributed by atoms with van der Waals surface area (Å²) in [5.74, 6) is 0.527. The lowest BCUT2D eigenvalue weighted by Gasteiger charge is -2.13. The zero-order valence-electron chi connectivity index (χ0n) is 13.6. The van der Waals surface area contributed by atoms with Crippen LogP contribution in [-0.4, -0.2) is 20.3 Å². The molecule has 0 spiro atoms. The first-order valence-electron chi connectivity index (χ1n) is 7.54. The highest BCUT2D eigenvalue weighted by Gasteiger charge is 2.05. The monoisotopic (exact) mass is 373 g/mol. The van der Waals surface area contributed by atoms with Crippen LogP contribution in [0.3, 0.4) is 0 Å². The zero-order chi connectivity index (χ0) is 16.5. The molecule has 0 aliphatic carbocycles. The minimum absolute atomic E-state index is 0. The predicted molar refractivity (Wildman–Crippen MR) is 97.6 cm³/mol. The van der Waals surface area contributed by atoms with Crippen LogP contribution in [0, 0.1) is 5.82 Å². The van der Waals surface area contributed by atoms with Crippen molar-refractivity contribution in [2.24, 2.45) is 0 Å². The molecule has 0 aromatic heterocycles. The van der Waals surface area contributed by atoms with Gasteiger partial charge in [-0.2, -0.15) is 0 Å². The Morgan fingerprint density at radius 3 is 2.58 bits per heavy atom. The van der Waals surface area contributed by atoms with Crippen LogP contribution >= 0.6 is 24.0 Å². The highest BCUT2D eigenvalue weighted by molar-refractivity contribution is 6.30. The van der Waals surface area contributed by atoms with Crippen molar-refractivity contribution in [2.75, 3.05) is 20.3 Å². The molecule has 24 heavy (non-hydrogen) atoms. The highest BCUT2D eigenvalue weighted by Crippen LogP contribution is 2.24. The maximum Gasteiger partial charge on any atom is 0.124 e. The van der Waals surface area contributed by atoms with Gasteiger partial charge in [-0.15, -0.1) is 12.4 Å². The Balaban J connectivity index is 0.00000288. The third kappa shape index (κ3) is 7.05. The van der Waals surface area contributed by atoms with Gasteiger partial charge in [0, 0.05) is 30.8 Å². The van der Waals surface area contributed by atoms with Gasteiger partial charge in [0.25, 0.3) is 0 Å². The van der Waals surface area contributed by atoms with Crippen molar-refractivity contribution in [3.63, 3.8) is 0 Å². The topological polar surface area (TPSA) is 30.5 Å². The molecule has 0 atom stereocenters. The van der Waals surface area contributed by atoms with Gasteiger partial charge < -0.3 is 14.8 Å². The largest absolute Gasteiger partial charge is 0.489 e. The van der Waals surface area contributed by atoms with Gasteiger partial charge >= 0.3 is 0 Å². The second kappa shape index (κ2) is 11.3. The standard InChI is InChI=1S/C18H21ClFNO2.ClH/c1-22-10-2-9-21-12-15-11-16(19)5-8-18(15)23-13-14-3-6-17(20)7-4-14;/h3-8,11,21H,2,9-10,12-13H2,1H3;1H. The summed E-state index contributed by atoms with van der Waals surface area (Å²) >= 11 is 6.07. The molecule has 2 rings (SSSR count). The van der Waals surface area contributed by atoms with E-state index in [0.717, 1.165) is 36.4 Å². The Kier molecular flexibility index (Phi) is 9.72. The van der Waals surface area contributed by atoms with Gasteiger partial charge in [-0.3, -0.25) is 0 Å². The Morgan fingerprint density at radius 2 is 1.88 bits per heavy atom. The molecule has 0 saturated heterocycles. The van der Waals surface area contributed by atoms with E-state index in [2.05, 4.69) is 5.32 Å². The smallest absolute Gasteiger partial charge is 0.124 e. The molecule has 2 aromatic carbocycles. The fourth-order valence-electron chi connectivity index (χ4n) is 2.13. The normalized spacial score (nSPS) is 10.3. The first-order valence-corrected chi connectivity index (χ1v) is 7.92. The van der Waals surface area contributed by atoms with Crippen LogP contribution in [0.15, 0.2) is 42.5 Å². The number of halogens is 3. The predicted octanol–water partition coefficient (Wildman–Crippen LogP) is 4.61. The van der Waals surface area contributed by atoms with Crippen LogP contribution in [0.5, 0.6) is 5.75 Å². The van der Waals surface area contributed by atoms with Gasteiger partial charge in [-0.05, 0) is 48.9 Å². The van der Waals surface area contributed by atoms with Gasteiger partial charge in [-0.1, -0.05) is 23.7 Å². The number of rotatable bonds is 9. The van der Waals surface area contributed by atoms with Crippen LogP contribution in [0.2, 0.25) is 5.02 Å². The number of benzene rings is 2. The second-order valence-corrected chi connectivity index (χ2v) is 5.63. The minimum Gasteiger partial charge on any atom is -0.489 e. The molecular weight excluding hydrogens is 352 g/mol. The quantitative estimate of drug-likeness (QED) is 0.651. The Hall–Kier alpha value is -1.33. The van der Waals surface area contributed by atoms with Gasteiger partial charge in [0.05, 0.1) is 0 Å². The lowest BCUT2D eigenvalue weighted by atomic mass is 10.2. The molecule has 1 N–H and O–H groups in total. The average molecular weight is 374 g/mol. The van der Waals surface area contributed by atoms with E-state index in [1.54, 1.807) is 25.3 Å². The molecule has 0 aliphatic rings. The lowest BCUT2D eigenvalue weighted by molar-refractivity contribution is 0.194. The van der Waals surface area contributed by atoms with Crippen LogP contribution < -0.4 is 10.1 Å². The number of hydrogen-bond donors (Lipinski definition) is 1. The molecular formula is C18H22Cl2FNO2. The molecule has 0 heterocycles. The number of methoxy groups -OCH3 is 1. The maximum atomic E-state index is 12.9. The fraction of sp³-hybridized carbons (Fsp3) is 0.333. The average Bonchev–Trinajstić information content (AvgIpc) is 2.55. The van der Waals surface area contributed by atoms with Crippen LogP contribution in [0.25, 0.3) is 0 Å². The number of ether oxygens (including phenoxy) is 2. The summed E-state index contributed by atoms with van der Waals surface area (Å²) in [6.45, 7) is 2.65. The van der Waals surface area contributed by atoms with Gasteiger partial charge in [-0.25, -0.2) is 4.39 Å². The summed E-state index contributed by atoms with van der Waals surface area (Å²) in [7, 11) is 1.69. The molecule has 0 amide bonds. The van der Waals surface area contributed by atoms with Gasteiger partial charge in [0.2, 0.25) is 0 Å². The van der Waals surface area contributed by atoms with Crippen molar-refractivity contribution < 1.29 is 13.9 Å². The molecule has 0 unspecified atom stereocenters. The van der Waals surface area contributed by atoms with E-state index in [1.165, 1.54) is 12.1 Å². The van der Waals surface area contributed by atoms with E-state index in [0.29, 0.717) is 18.2 Å². The van der Waals surface area contributed by atoms with Crippen molar-refractivity contribution in [1.82, 2.24) is 5.32 Å². The molecule has 0 saturated carbocycles. The highest BCUT2D eigenvalue weighted by atomic mass is 35.5. The van der Waals surface area contributed by atoms with Crippen LogP contribution in [0.4, 0.5) is 4.39 Å². The molecule has 0 aliphatic heterocycles. The van der Waals surface area contributed by atoms with Gasteiger partial charge in [0.1, 0.15) is 18.2 Å². The SMILES string of the molecule is COCCCNCc1cc(Cl)ccc1OCc1ccc(F)cc1.Cl. The maximum absolute atomic E-state index is 12.9. The van der Waals surface area contributed by atoms with Crippen molar-refractivity contribution in [3.05, 3.63) is 64.4 Å². The van der Waals surface area contributed by atoms with E-state index >= 15 is 0 Å². The molecule has 3 nitrogen and oxygen atoms in total. The molecule has 0 bridgehead atoms. The second-order valence-electron chi connectivity index (χ2n) is 5.19.